The molecule has 1 fully saturated rings. The Hall–Kier alpha value is -0.540. The third-order valence-corrected chi connectivity index (χ3v) is 4.98. The number of likely N-dealkylation sites (N-methyl/N-ethyl adjacent to an activating group) is 1. The molecule has 0 amide bonds. The molecule has 0 bridgehead atoms. The molecule has 3 nitrogen and oxygen atoms in total. The van der Waals surface area contributed by atoms with Crippen molar-refractivity contribution in [1.82, 2.24) is 5.06 Å². The molecule has 0 spiro atoms. The van der Waals surface area contributed by atoms with E-state index in [-0.39, 0.29) is 0 Å². The SMILES string of the molecule is COCC1C2CCC3=C(CCC21)C(C)N(C)O3. The van der Waals surface area contributed by atoms with E-state index in [1.807, 2.05) is 19.2 Å². The van der Waals surface area contributed by atoms with Gasteiger partial charge in [0, 0.05) is 27.2 Å². The fourth-order valence-corrected chi connectivity index (χ4v) is 3.76. The van der Waals surface area contributed by atoms with E-state index < -0.39 is 0 Å². The Morgan fingerprint density at radius 1 is 1.29 bits per heavy atom. The van der Waals surface area contributed by atoms with Crippen LogP contribution >= 0.6 is 0 Å². The third kappa shape index (κ3) is 1.89. The number of rotatable bonds is 2. The maximum absolute atomic E-state index is 5.86. The van der Waals surface area contributed by atoms with Crippen LogP contribution < -0.4 is 0 Å². The summed E-state index contributed by atoms with van der Waals surface area (Å²) in [5.74, 6) is 3.91. The van der Waals surface area contributed by atoms with Crippen molar-refractivity contribution in [2.75, 3.05) is 20.8 Å². The number of hydroxylamine groups is 2. The van der Waals surface area contributed by atoms with Gasteiger partial charge in [0.15, 0.2) is 0 Å². The Kier molecular flexibility index (Phi) is 2.91. The van der Waals surface area contributed by atoms with Gasteiger partial charge in [-0.25, -0.2) is 0 Å². The van der Waals surface area contributed by atoms with E-state index in [9.17, 15) is 0 Å². The normalized spacial score (nSPS) is 41.4. The van der Waals surface area contributed by atoms with Gasteiger partial charge in [0.2, 0.25) is 0 Å². The smallest absolute Gasteiger partial charge is 0.125 e. The van der Waals surface area contributed by atoms with Gasteiger partial charge in [-0.2, -0.15) is 0 Å². The molecular formula is C14H23NO2. The molecule has 17 heavy (non-hydrogen) atoms. The van der Waals surface area contributed by atoms with Crippen LogP contribution in [0.5, 0.6) is 0 Å². The molecule has 1 saturated carbocycles. The summed E-state index contributed by atoms with van der Waals surface area (Å²) in [5.41, 5.74) is 1.55. The molecule has 2 aliphatic carbocycles. The zero-order chi connectivity index (χ0) is 12.0. The highest BCUT2D eigenvalue weighted by Crippen LogP contribution is 2.55. The van der Waals surface area contributed by atoms with Crippen molar-refractivity contribution in [3.63, 3.8) is 0 Å². The number of hydrogen-bond donors (Lipinski definition) is 0. The lowest BCUT2D eigenvalue weighted by Gasteiger charge is -2.15. The highest BCUT2D eigenvalue weighted by Gasteiger charge is 2.50. The quantitative estimate of drug-likeness (QED) is 0.737. The van der Waals surface area contributed by atoms with Crippen molar-refractivity contribution < 1.29 is 9.57 Å². The van der Waals surface area contributed by atoms with Crippen molar-refractivity contribution in [2.45, 2.75) is 38.6 Å². The third-order valence-electron chi connectivity index (χ3n) is 4.98. The lowest BCUT2D eigenvalue weighted by molar-refractivity contribution is -0.0930. The van der Waals surface area contributed by atoms with Crippen LogP contribution in [0, 0.1) is 17.8 Å². The first-order chi connectivity index (χ1) is 8.22. The summed E-state index contributed by atoms with van der Waals surface area (Å²) in [6, 6.07) is 0.473. The lowest BCUT2D eigenvalue weighted by Crippen LogP contribution is -2.23. The summed E-state index contributed by atoms with van der Waals surface area (Å²) in [7, 11) is 3.87. The molecule has 1 heterocycles. The largest absolute Gasteiger partial charge is 0.410 e. The molecule has 3 aliphatic rings. The molecule has 1 aliphatic heterocycles. The molecule has 0 radical (unpaired) electrons. The standard InChI is InChI=1S/C14H23NO2/c1-9-10-4-5-11-12(13(11)8-16-3)6-7-14(10)17-15(9)2/h9,11-13H,4-8H2,1-3H3. The van der Waals surface area contributed by atoms with Crippen LogP contribution in [0.25, 0.3) is 0 Å². The first kappa shape index (κ1) is 11.5. The van der Waals surface area contributed by atoms with Crippen molar-refractivity contribution in [3.05, 3.63) is 11.3 Å². The Balaban J connectivity index is 1.67. The van der Waals surface area contributed by atoms with Crippen LogP contribution in [0.4, 0.5) is 0 Å². The van der Waals surface area contributed by atoms with Crippen molar-refractivity contribution in [3.8, 4) is 0 Å². The Morgan fingerprint density at radius 2 is 2.00 bits per heavy atom. The van der Waals surface area contributed by atoms with E-state index >= 15 is 0 Å². The minimum absolute atomic E-state index is 0.473. The highest BCUT2D eigenvalue weighted by atomic mass is 16.7. The van der Waals surface area contributed by atoms with Gasteiger partial charge in [0.1, 0.15) is 5.76 Å². The van der Waals surface area contributed by atoms with E-state index in [0.717, 1.165) is 30.8 Å². The van der Waals surface area contributed by atoms with Gasteiger partial charge in [0.25, 0.3) is 0 Å². The zero-order valence-corrected chi connectivity index (χ0v) is 11.1. The van der Waals surface area contributed by atoms with Gasteiger partial charge in [-0.05, 0) is 49.5 Å². The Morgan fingerprint density at radius 3 is 2.71 bits per heavy atom. The van der Waals surface area contributed by atoms with Gasteiger partial charge in [0.05, 0.1) is 6.04 Å². The molecule has 0 saturated heterocycles. The van der Waals surface area contributed by atoms with Crippen LogP contribution in [0.15, 0.2) is 11.3 Å². The van der Waals surface area contributed by atoms with Crippen LogP contribution in [0.2, 0.25) is 0 Å². The van der Waals surface area contributed by atoms with Gasteiger partial charge < -0.3 is 9.57 Å². The number of methoxy groups -OCH3 is 1. The van der Waals surface area contributed by atoms with E-state index in [2.05, 4.69) is 6.92 Å². The summed E-state index contributed by atoms with van der Waals surface area (Å²) in [6.07, 6.45) is 4.98. The zero-order valence-electron chi connectivity index (χ0n) is 11.1. The first-order valence-corrected chi connectivity index (χ1v) is 6.84. The summed E-state index contributed by atoms with van der Waals surface area (Å²) >= 11 is 0. The number of hydrogen-bond acceptors (Lipinski definition) is 3. The summed E-state index contributed by atoms with van der Waals surface area (Å²) < 4.78 is 5.32. The van der Waals surface area contributed by atoms with Crippen molar-refractivity contribution in [1.29, 1.82) is 0 Å². The van der Waals surface area contributed by atoms with Crippen molar-refractivity contribution >= 4 is 0 Å². The monoisotopic (exact) mass is 237 g/mol. The molecule has 3 heteroatoms. The molecule has 0 aromatic heterocycles. The van der Waals surface area contributed by atoms with E-state index in [1.54, 1.807) is 5.57 Å². The maximum Gasteiger partial charge on any atom is 0.125 e. The van der Waals surface area contributed by atoms with Crippen LogP contribution in [-0.4, -0.2) is 31.9 Å². The molecule has 3 rings (SSSR count). The lowest BCUT2D eigenvalue weighted by atomic mass is 9.95. The first-order valence-electron chi connectivity index (χ1n) is 6.84. The summed E-state index contributed by atoms with van der Waals surface area (Å²) in [4.78, 5) is 5.86. The second kappa shape index (κ2) is 4.29. The summed E-state index contributed by atoms with van der Waals surface area (Å²) in [6.45, 7) is 3.21. The average molecular weight is 237 g/mol. The van der Waals surface area contributed by atoms with E-state index in [4.69, 9.17) is 9.57 Å². The van der Waals surface area contributed by atoms with Crippen LogP contribution in [-0.2, 0) is 9.57 Å². The van der Waals surface area contributed by atoms with E-state index in [1.165, 1.54) is 25.0 Å². The Bertz CT molecular complexity index is 339. The average Bonchev–Trinajstić information content (AvgIpc) is 2.85. The van der Waals surface area contributed by atoms with Gasteiger partial charge in [-0.1, -0.05) is 0 Å². The number of ether oxygens (including phenoxy) is 1. The molecule has 0 N–H and O–H groups in total. The van der Waals surface area contributed by atoms with Gasteiger partial charge in [-0.15, -0.1) is 5.06 Å². The fraction of sp³-hybridized carbons (Fsp3) is 0.857. The van der Waals surface area contributed by atoms with Crippen LogP contribution in [0.3, 0.4) is 0 Å². The second-order valence-electron chi connectivity index (χ2n) is 5.79. The number of nitrogens with zero attached hydrogens (tertiary/aromatic N) is 1. The highest BCUT2D eigenvalue weighted by molar-refractivity contribution is 5.21. The predicted octanol–water partition coefficient (Wildman–Crippen LogP) is 2.59. The molecule has 4 unspecified atom stereocenters. The number of fused-ring (bicyclic) bond motifs is 1. The predicted molar refractivity (Wildman–Crippen MR) is 66.2 cm³/mol. The molecule has 96 valence electrons. The topological polar surface area (TPSA) is 21.7 Å². The Labute approximate surface area is 104 Å². The van der Waals surface area contributed by atoms with E-state index in [0.29, 0.717) is 6.04 Å². The van der Waals surface area contributed by atoms with Crippen molar-refractivity contribution in [2.24, 2.45) is 17.8 Å². The summed E-state index contributed by atoms with van der Waals surface area (Å²) in [5, 5.41) is 2.01. The minimum atomic E-state index is 0.473. The molecule has 4 atom stereocenters. The maximum atomic E-state index is 5.86. The minimum Gasteiger partial charge on any atom is -0.410 e. The fourth-order valence-electron chi connectivity index (χ4n) is 3.76. The second-order valence-corrected chi connectivity index (χ2v) is 5.79. The van der Waals surface area contributed by atoms with Gasteiger partial charge >= 0.3 is 0 Å². The molecular weight excluding hydrogens is 214 g/mol. The van der Waals surface area contributed by atoms with Crippen LogP contribution in [0.1, 0.15) is 32.6 Å². The molecule has 0 aromatic carbocycles. The number of allylic oxidation sites excluding steroid dienone is 1. The van der Waals surface area contributed by atoms with Gasteiger partial charge in [-0.3, -0.25) is 0 Å². The molecule has 0 aromatic rings.